The number of nitrogens with two attached hydrogens (primary N) is 1. The van der Waals surface area contributed by atoms with Gasteiger partial charge in [-0.25, -0.2) is 8.42 Å². The van der Waals surface area contributed by atoms with Crippen molar-refractivity contribution >= 4 is 27.1 Å². The minimum absolute atomic E-state index is 0.0844. The molecule has 0 aliphatic heterocycles. The monoisotopic (exact) mass is 259 g/mol. The highest BCUT2D eigenvalue weighted by molar-refractivity contribution is 7.92. The van der Waals surface area contributed by atoms with E-state index in [1.165, 1.54) is 0 Å². The van der Waals surface area contributed by atoms with Crippen LogP contribution in [-0.2, 0) is 9.84 Å². The molecule has 0 bridgehead atoms. The van der Waals surface area contributed by atoms with Crippen LogP contribution in [0.5, 0.6) is 0 Å². The van der Waals surface area contributed by atoms with Crippen LogP contribution in [0.4, 0.5) is 18.9 Å². The summed E-state index contributed by atoms with van der Waals surface area (Å²) in [5, 5.41) is -0.549. The lowest BCUT2D eigenvalue weighted by atomic mass is 10.3. The number of sulfone groups is 1. The Hall–Kier alpha value is -0.950. The molecule has 0 saturated carbocycles. The lowest BCUT2D eigenvalue weighted by molar-refractivity contribution is -0.0435. The van der Waals surface area contributed by atoms with Crippen LogP contribution in [0.3, 0.4) is 0 Å². The van der Waals surface area contributed by atoms with Crippen molar-refractivity contribution in [2.45, 2.75) is 10.4 Å². The Kier molecular flexibility index (Phi) is 2.88. The first-order valence-corrected chi connectivity index (χ1v) is 5.39. The molecule has 0 amide bonds. The largest absolute Gasteiger partial charge is 0.501 e. The van der Waals surface area contributed by atoms with Gasteiger partial charge in [0, 0.05) is 5.69 Å². The van der Waals surface area contributed by atoms with Crippen LogP contribution in [0.2, 0.25) is 5.02 Å². The van der Waals surface area contributed by atoms with Crippen LogP contribution in [0, 0.1) is 0 Å². The molecule has 15 heavy (non-hydrogen) atoms. The van der Waals surface area contributed by atoms with Gasteiger partial charge in [0.15, 0.2) is 0 Å². The molecule has 0 aromatic heterocycles. The number of hydrogen-bond acceptors (Lipinski definition) is 3. The lowest BCUT2D eigenvalue weighted by Gasteiger charge is -2.09. The fraction of sp³-hybridized carbons (Fsp3) is 0.143. The Morgan fingerprint density at radius 3 is 2.20 bits per heavy atom. The van der Waals surface area contributed by atoms with Gasteiger partial charge in [-0.2, -0.15) is 13.2 Å². The fourth-order valence-corrected chi connectivity index (χ4v) is 2.17. The van der Waals surface area contributed by atoms with Crippen LogP contribution < -0.4 is 5.73 Å². The van der Waals surface area contributed by atoms with Gasteiger partial charge in [0.1, 0.15) is 0 Å². The molecule has 0 saturated heterocycles. The minimum Gasteiger partial charge on any atom is -0.399 e. The molecule has 0 radical (unpaired) electrons. The van der Waals surface area contributed by atoms with Crippen molar-refractivity contribution in [3.05, 3.63) is 23.2 Å². The highest BCUT2D eigenvalue weighted by Gasteiger charge is 2.47. The Morgan fingerprint density at radius 2 is 1.80 bits per heavy atom. The van der Waals surface area contributed by atoms with Crippen molar-refractivity contribution in [1.82, 2.24) is 0 Å². The molecule has 1 rings (SSSR count). The number of rotatable bonds is 1. The highest BCUT2D eigenvalue weighted by atomic mass is 35.5. The summed E-state index contributed by atoms with van der Waals surface area (Å²) in [4.78, 5) is -0.995. The topological polar surface area (TPSA) is 60.2 Å². The highest BCUT2D eigenvalue weighted by Crippen LogP contribution is 2.34. The van der Waals surface area contributed by atoms with Gasteiger partial charge in [-0.05, 0) is 18.2 Å². The maximum Gasteiger partial charge on any atom is 0.501 e. The van der Waals surface area contributed by atoms with Crippen LogP contribution in [0.15, 0.2) is 23.1 Å². The van der Waals surface area contributed by atoms with E-state index in [-0.39, 0.29) is 5.69 Å². The molecule has 1 aromatic rings. The molecule has 0 aliphatic rings. The smallest absolute Gasteiger partial charge is 0.399 e. The molecule has 3 nitrogen and oxygen atoms in total. The van der Waals surface area contributed by atoms with Crippen LogP contribution in [0.25, 0.3) is 0 Å². The number of halogens is 4. The maximum atomic E-state index is 12.1. The van der Waals surface area contributed by atoms with Crippen molar-refractivity contribution < 1.29 is 21.6 Å². The van der Waals surface area contributed by atoms with Crippen molar-refractivity contribution in [3.8, 4) is 0 Å². The van der Waals surface area contributed by atoms with E-state index in [2.05, 4.69) is 0 Å². The van der Waals surface area contributed by atoms with E-state index >= 15 is 0 Å². The lowest BCUT2D eigenvalue weighted by Crippen LogP contribution is -2.23. The molecule has 0 aliphatic carbocycles. The van der Waals surface area contributed by atoms with Crippen molar-refractivity contribution in [2.24, 2.45) is 0 Å². The summed E-state index contributed by atoms with van der Waals surface area (Å²) in [5.41, 5.74) is -0.0646. The molecule has 0 atom stereocenters. The van der Waals surface area contributed by atoms with E-state index in [0.29, 0.717) is 0 Å². The van der Waals surface area contributed by atoms with Crippen molar-refractivity contribution in [2.75, 3.05) is 5.73 Å². The summed E-state index contributed by atoms with van der Waals surface area (Å²) < 4.78 is 58.2. The third-order valence-electron chi connectivity index (χ3n) is 1.55. The maximum absolute atomic E-state index is 12.1. The van der Waals surface area contributed by atoms with Gasteiger partial charge in [0.05, 0.1) is 9.92 Å². The summed E-state index contributed by atoms with van der Waals surface area (Å²) in [6.45, 7) is 0. The van der Waals surface area contributed by atoms with E-state index in [4.69, 9.17) is 17.3 Å². The van der Waals surface area contributed by atoms with Gasteiger partial charge < -0.3 is 5.73 Å². The second kappa shape index (κ2) is 3.57. The summed E-state index contributed by atoms with van der Waals surface area (Å²) in [6.07, 6.45) is 0. The molecule has 2 N–H and O–H groups in total. The Morgan fingerprint density at radius 1 is 1.27 bits per heavy atom. The first-order chi connectivity index (χ1) is 6.66. The zero-order valence-electron chi connectivity index (χ0n) is 7.05. The van der Waals surface area contributed by atoms with Crippen molar-refractivity contribution in [1.29, 1.82) is 0 Å². The van der Waals surface area contributed by atoms with Gasteiger partial charge >= 0.3 is 5.51 Å². The molecule has 0 fully saturated rings. The average Bonchev–Trinajstić information content (AvgIpc) is 2.00. The van der Waals surface area contributed by atoms with Crippen molar-refractivity contribution in [3.63, 3.8) is 0 Å². The standard InChI is InChI=1S/C7H5ClF3NO2S/c8-5-3-4(12)1-2-6(5)15(13,14)7(9,10)11/h1-3H,12H2. The normalized spacial score (nSPS) is 12.8. The Balaban J connectivity index is 3.42. The van der Waals surface area contributed by atoms with Gasteiger partial charge in [-0.1, -0.05) is 11.6 Å². The Labute approximate surface area is 88.6 Å². The van der Waals surface area contributed by atoms with Crippen LogP contribution in [0.1, 0.15) is 0 Å². The Bertz CT molecular complexity index is 483. The number of anilines is 1. The third kappa shape index (κ3) is 2.18. The fourth-order valence-electron chi connectivity index (χ4n) is 0.860. The van der Waals surface area contributed by atoms with E-state index in [9.17, 15) is 21.6 Å². The van der Waals surface area contributed by atoms with Gasteiger partial charge in [0.2, 0.25) is 0 Å². The predicted molar refractivity (Wildman–Crippen MR) is 49.1 cm³/mol. The minimum atomic E-state index is -5.41. The first-order valence-electron chi connectivity index (χ1n) is 3.52. The van der Waals surface area contributed by atoms with Gasteiger partial charge in [0.25, 0.3) is 9.84 Å². The summed E-state index contributed by atoms with van der Waals surface area (Å²) in [5.74, 6) is 0. The number of alkyl halides is 3. The zero-order chi connectivity index (χ0) is 11.9. The number of nitrogen functional groups attached to an aromatic ring is 1. The first kappa shape index (κ1) is 12.1. The molecular formula is C7H5ClF3NO2S. The second-order valence-corrected chi connectivity index (χ2v) is 4.96. The molecule has 0 spiro atoms. The van der Waals surface area contributed by atoms with Crippen LogP contribution in [-0.4, -0.2) is 13.9 Å². The molecule has 84 valence electrons. The molecular weight excluding hydrogens is 255 g/mol. The molecule has 0 unspecified atom stereocenters. The summed E-state index contributed by atoms with van der Waals surface area (Å²) in [7, 11) is -5.41. The summed E-state index contributed by atoms with van der Waals surface area (Å²) in [6, 6.07) is 2.70. The van der Waals surface area contributed by atoms with E-state index in [0.717, 1.165) is 18.2 Å². The number of hydrogen-bond donors (Lipinski definition) is 1. The average molecular weight is 260 g/mol. The van der Waals surface area contributed by atoms with Crippen LogP contribution >= 0.6 is 11.6 Å². The molecule has 0 heterocycles. The zero-order valence-corrected chi connectivity index (χ0v) is 8.62. The molecule has 8 heteroatoms. The third-order valence-corrected chi connectivity index (χ3v) is 3.52. The van der Waals surface area contributed by atoms with Gasteiger partial charge in [-0.3, -0.25) is 0 Å². The second-order valence-electron chi connectivity index (χ2n) is 2.64. The van der Waals surface area contributed by atoms with E-state index < -0.39 is 25.3 Å². The van der Waals surface area contributed by atoms with E-state index in [1.54, 1.807) is 0 Å². The molecule has 1 aromatic carbocycles. The SMILES string of the molecule is Nc1ccc(S(=O)(=O)C(F)(F)F)c(Cl)c1. The van der Waals surface area contributed by atoms with Gasteiger partial charge in [-0.15, -0.1) is 0 Å². The predicted octanol–water partition coefficient (Wildman–Crippen LogP) is 2.22. The summed E-state index contributed by atoms with van der Waals surface area (Å²) >= 11 is 5.36. The number of benzene rings is 1. The quantitative estimate of drug-likeness (QED) is 0.787. The van der Waals surface area contributed by atoms with E-state index in [1.807, 2.05) is 0 Å².